The first-order chi connectivity index (χ1) is 14.4. The van der Waals surface area contributed by atoms with Crippen LogP contribution in [0.1, 0.15) is 41.8 Å². The minimum atomic E-state index is -0.0926. The summed E-state index contributed by atoms with van der Waals surface area (Å²) in [7, 11) is 0. The fourth-order valence-electron chi connectivity index (χ4n) is 4.00. The molecule has 1 atom stereocenters. The van der Waals surface area contributed by atoms with E-state index in [2.05, 4.69) is 12.2 Å². The van der Waals surface area contributed by atoms with Crippen molar-refractivity contribution < 1.29 is 4.79 Å². The van der Waals surface area contributed by atoms with Crippen LogP contribution in [-0.4, -0.2) is 21.2 Å². The van der Waals surface area contributed by atoms with E-state index >= 15 is 0 Å². The molecule has 1 aromatic carbocycles. The van der Waals surface area contributed by atoms with E-state index in [9.17, 15) is 9.59 Å². The van der Waals surface area contributed by atoms with Gasteiger partial charge in [-0.15, -0.1) is 11.3 Å². The van der Waals surface area contributed by atoms with Gasteiger partial charge < -0.3 is 5.32 Å². The van der Waals surface area contributed by atoms with Gasteiger partial charge in [0.25, 0.3) is 5.56 Å². The highest BCUT2D eigenvalue weighted by Crippen LogP contribution is 2.36. The van der Waals surface area contributed by atoms with Crippen molar-refractivity contribution in [3.05, 3.63) is 50.1 Å². The summed E-state index contributed by atoms with van der Waals surface area (Å²) < 4.78 is 1.71. The van der Waals surface area contributed by atoms with Crippen LogP contribution < -0.4 is 10.9 Å². The van der Waals surface area contributed by atoms with E-state index in [0.717, 1.165) is 46.3 Å². The Hall–Kier alpha value is -2.12. The number of fused-ring (bicyclic) bond motifs is 3. The third-order valence-electron chi connectivity index (χ3n) is 5.91. The van der Waals surface area contributed by atoms with Crippen LogP contribution >= 0.6 is 23.1 Å². The van der Waals surface area contributed by atoms with Gasteiger partial charge in [-0.2, -0.15) is 0 Å². The van der Waals surface area contributed by atoms with Crippen molar-refractivity contribution in [1.29, 1.82) is 0 Å². The molecular formula is C23H27N3O2S2. The number of aryl methyl sites for hydroxylation is 2. The number of thioether (sulfide) groups is 1. The summed E-state index contributed by atoms with van der Waals surface area (Å²) in [5, 5.41) is 4.40. The second-order valence-electron chi connectivity index (χ2n) is 8.06. The molecule has 0 radical (unpaired) electrons. The molecule has 2 aromatic heterocycles. The SMILES string of the molecule is CCn1c(SCC(=O)Nc2cccc(C)c2C)nc2sc3c(c2c1=O)CCC(C)C3. The Morgan fingerprint density at radius 2 is 2.17 bits per heavy atom. The molecule has 30 heavy (non-hydrogen) atoms. The number of thiophene rings is 1. The minimum absolute atomic E-state index is 0.0342. The predicted molar refractivity (Wildman–Crippen MR) is 126 cm³/mol. The second-order valence-corrected chi connectivity index (χ2v) is 10.1. The highest BCUT2D eigenvalue weighted by molar-refractivity contribution is 7.99. The maximum Gasteiger partial charge on any atom is 0.263 e. The maximum atomic E-state index is 13.2. The van der Waals surface area contributed by atoms with Gasteiger partial charge in [-0.05, 0) is 68.7 Å². The van der Waals surface area contributed by atoms with Gasteiger partial charge in [0.15, 0.2) is 5.16 Å². The topological polar surface area (TPSA) is 64.0 Å². The molecule has 0 saturated carbocycles. The Labute approximate surface area is 184 Å². The van der Waals surface area contributed by atoms with E-state index in [1.54, 1.807) is 15.9 Å². The average Bonchev–Trinajstić information content (AvgIpc) is 3.07. The van der Waals surface area contributed by atoms with Crippen LogP contribution in [0.2, 0.25) is 0 Å². The largest absolute Gasteiger partial charge is 0.325 e. The summed E-state index contributed by atoms with van der Waals surface area (Å²) in [6.07, 6.45) is 3.12. The standard InChI is InChI=1S/C23H27N3O2S2/c1-5-26-22(28)20-16-10-9-13(2)11-18(16)30-21(20)25-23(26)29-12-19(27)24-17-8-6-7-14(3)15(17)4/h6-8,13H,5,9-12H2,1-4H3,(H,24,27). The summed E-state index contributed by atoms with van der Waals surface area (Å²) >= 11 is 2.98. The van der Waals surface area contributed by atoms with Crippen LogP contribution in [0.5, 0.6) is 0 Å². The van der Waals surface area contributed by atoms with Gasteiger partial charge in [-0.25, -0.2) is 4.98 Å². The van der Waals surface area contributed by atoms with E-state index in [-0.39, 0.29) is 17.2 Å². The van der Waals surface area contributed by atoms with Crippen LogP contribution in [0.4, 0.5) is 5.69 Å². The molecule has 2 heterocycles. The van der Waals surface area contributed by atoms with E-state index in [1.165, 1.54) is 22.2 Å². The van der Waals surface area contributed by atoms with Crippen LogP contribution in [0.15, 0.2) is 28.2 Å². The van der Waals surface area contributed by atoms with E-state index in [4.69, 9.17) is 4.98 Å². The first-order valence-electron chi connectivity index (χ1n) is 10.4. The van der Waals surface area contributed by atoms with Gasteiger partial charge in [0.2, 0.25) is 5.91 Å². The lowest BCUT2D eigenvalue weighted by atomic mass is 9.89. The lowest BCUT2D eigenvalue weighted by Crippen LogP contribution is -2.24. The van der Waals surface area contributed by atoms with E-state index in [1.807, 2.05) is 39.0 Å². The Balaban J connectivity index is 1.59. The Bertz CT molecular complexity index is 1180. The fraction of sp³-hybridized carbons (Fsp3) is 0.435. The number of rotatable bonds is 5. The molecule has 1 unspecified atom stereocenters. The predicted octanol–water partition coefficient (Wildman–Crippen LogP) is 4.95. The van der Waals surface area contributed by atoms with Crippen molar-refractivity contribution in [1.82, 2.24) is 9.55 Å². The molecule has 3 aromatic rings. The van der Waals surface area contributed by atoms with Crippen molar-refractivity contribution in [3.8, 4) is 0 Å². The molecule has 0 saturated heterocycles. The molecular weight excluding hydrogens is 414 g/mol. The molecule has 1 aliphatic rings. The molecule has 1 amide bonds. The van der Waals surface area contributed by atoms with Gasteiger partial charge in [-0.1, -0.05) is 30.8 Å². The monoisotopic (exact) mass is 441 g/mol. The number of hydrogen-bond donors (Lipinski definition) is 1. The molecule has 1 N–H and O–H groups in total. The zero-order chi connectivity index (χ0) is 21.4. The molecule has 158 valence electrons. The average molecular weight is 442 g/mol. The third kappa shape index (κ3) is 3.93. The minimum Gasteiger partial charge on any atom is -0.325 e. The van der Waals surface area contributed by atoms with Crippen molar-refractivity contribution in [2.24, 2.45) is 5.92 Å². The molecule has 4 rings (SSSR count). The molecule has 0 aliphatic heterocycles. The third-order valence-corrected chi connectivity index (χ3v) is 8.03. The number of anilines is 1. The van der Waals surface area contributed by atoms with Gasteiger partial charge in [0.05, 0.1) is 11.1 Å². The van der Waals surface area contributed by atoms with Crippen LogP contribution in [0.25, 0.3) is 10.2 Å². The number of nitrogens with zero attached hydrogens (tertiary/aromatic N) is 2. The fourth-order valence-corrected chi connectivity index (χ4v) is 6.28. The summed E-state index contributed by atoms with van der Waals surface area (Å²) in [6.45, 7) is 8.79. The summed E-state index contributed by atoms with van der Waals surface area (Å²) in [4.78, 5) is 32.7. The lowest BCUT2D eigenvalue weighted by molar-refractivity contribution is -0.113. The summed E-state index contributed by atoms with van der Waals surface area (Å²) in [6, 6.07) is 5.88. The van der Waals surface area contributed by atoms with Gasteiger partial charge >= 0.3 is 0 Å². The van der Waals surface area contributed by atoms with Crippen molar-refractivity contribution in [3.63, 3.8) is 0 Å². The second kappa shape index (κ2) is 8.55. The number of carbonyl (C=O) groups excluding carboxylic acids is 1. The first kappa shape index (κ1) is 21.1. The number of benzene rings is 1. The highest BCUT2D eigenvalue weighted by Gasteiger charge is 2.24. The zero-order valence-corrected chi connectivity index (χ0v) is 19.5. The lowest BCUT2D eigenvalue weighted by Gasteiger charge is -2.17. The van der Waals surface area contributed by atoms with Gasteiger partial charge in [0, 0.05) is 17.1 Å². The first-order valence-corrected chi connectivity index (χ1v) is 12.2. The van der Waals surface area contributed by atoms with E-state index < -0.39 is 0 Å². The molecule has 7 heteroatoms. The Morgan fingerprint density at radius 1 is 1.37 bits per heavy atom. The van der Waals surface area contributed by atoms with Crippen molar-refractivity contribution in [2.45, 2.75) is 58.7 Å². The van der Waals surface area contributed by atoms with Crippen LogP contribution in [0, 0.1) is 19.8 Å². The van der Waals surface area contributed by atoms with Crippen molar-refractivity contribution >= 4 is 44.9 Å². The number of nitrogens with one attached hydrogen (secondary N) is 1. The van der Waals surface area contributed by atoms with Crippen LogP contribution in [0.3, 0.4) is 0 Å². The van der Waals surface area contributed by atoms with Crippen LogP contribution in [-0.2, 0) is 24.2 Å². The Morgan fingerprint density at radius 3 is 2.93 bits per heavy atom. The number of hydrogen-bond acceptors (Lipinski definition) is 5. The molecule has 0 spiro atoms. The normalized spacial score (nSPS) is 15.9. The molecule has 1 aliphatic carbocycles. The molecule has 5 nitrogen and oxygen atoms in total. The summed E-state index contributed by atoms with van der Waals surface area (Å²) in [5.41, 5.74) is 4.28. The summed E-state index contributed by atoms with van der Waals surface area (Å²) in [5.74, 6) is 0.777. The number of carbonyl (C=O) groups is 1. The smallest absolute Gasteiger partial charge is 0.263 e. The van der Waals surface area contributed by atoms with Gasteiger partial charge in [0.1, 0.15) is 4.83 Å². The Kier molecular flexibility index (Phi) is 6.02. The maximum absolute atomic E-state index is 13.2. The number of amides is 1. The van der Waals surface area contributed by atoms with Crippen molar-refractivity contribution in [2.75, 3.05) is 11.1 Å². The quantitative estimate of drug-likeness (QED) is 0.449. The van der Waals surface area contributed by atoms with Gasteiger partial charge in [-0.3, -0.25) is 14.2 Å². The molecule has 0 bridgehead atoms. The number of aromatic nitrogens is 2. The molecule has 0 fully saturated rings. The zero-order valence-electron chi connectivity index (χ0n) is 17.9. The highest BCUT2D eigenvalue weighted by atomic mass is 32.2. The van der Waals surface area contributed by atoms with E-state index in [0.29, 0.717) is 17.6 Å².